The first kappa shape index (κ1) is 31.4. The quantitative estimate of drug-likeness (QED) is 0.167. The van der Waals surface area contributed by atoms with Crippen LogP contribution in [0.4, 0.5) is 0 Å². The predicted molar refractivity (Wildman–Crippen MR) is 222 cm³/mol. The van der Waals surface area contributed by atoms with E-state index in [1.807, 2.05) is 24.3 Å². The molecule has 0 aliphatic rings. The van der Waals surface area contributed by atoms with E-state index in [0.717, 1.165) is 78.5 Å². The highest BCUT2D eigenvalue weighted by Crippen LogP contribution is 2.38. The maximum absolute atomic E-state index is 5.09. The smallest absolute Gasteiger partial charge is 0.145 e. The van der Waals surface area contributed by atoms with Gasteiger partial charge in [0, 0.05) is 28.6 Å². The Labute approximate surface area is 313 Å². The molecule has 0 aliphatic carbocycles. The lowest BCUT2D eigenvalue weighted by atomic mass is 9.92. The summed E-state index contributed by atoms with van der Waals surface area (Å²) in [6.45, 7) is 0. The van der Waals surface area contributed by atoms with Gasteiger partial charge in [-0.2, -0.15) is 0 Å². The molecule has 0 unspecified atom stereocenters. The number of imidazole rings is 2. The molecule has 4 heteroatoms. The van der Waals surface area contributed by atoms with Gasteiger partial charge in [-0.3, -0.25) is 8.97 Å². The van der Waals surface area contributed by atoms with E-state index in [4.69, 9.17) is 9.97 Å². The SMILES string of the molecule is c1ccc(-c2cc(-c3ccc(-c4c(-c5ccccc5)nc5ccccn45)cc3)cc(-c3cccc(-n4c(-c5ccccc5)nc5ccccc54)c3)c2)cc1. The van der Waals surface area contributed by atoms with Crippen LogP contribution in [0.2, 0.25) is 0 Å². The molecule has 0 radical (unpaired) electrons. The first-order chi connectivity index (χ1) is 26.8. The lowest BCUT2D eigenvalue weighted by Gasteiger charge is -2.14. The molecule has 3 heterocycles. The van der Waals surface area contributed by atoms with E-state index in [-0.39, 0.29) is 0 Å². The molecule has 4 nitrogen and oxygen atoms in total. The molecule has 254 valence electrons. The molecule has 0 saturated heterocycles. The summed E-state index contributed by atoms with van der Waals surface area (Å²) in [5.74, 6) is 0.925. The summed E-state index contributed by atoms with van der Waals surface area (Å²) in [7, 11) is 0. The van der Waals surface area contributed by atoms with Crippen LogP contribution in [0.3, 0.4) is 0 Å². The maximum atomic E-state index is 5.09. The lowest BCUT2D eigenvalue weighted by Crippen LogP contribution is -1.98. The molecule has 7 aromatic carbocycles. The van der Waals surface area contributed by atoms with Crippen LogP contribution in [0.1, 0.15) is 0 Å². The number of pyridine rings is 1. The zero-order valence-corrected chi connectivity index (χ0v) is 29.4. The normalized spacial score (nSPS) is 11.3. The van der Waals surface area contributed by atoms with E-state index in [1.165, 1.54) is 11.1 Å². The molecule has 0 N–H and O–H groups in total. The second-order valence-corrected chi connectivity index (χ2v) is 13.5. The van der Waals surface area contributed by atoms with Crippen LogP contribution in [0, 0.1) is 0 Å². The van der Waals surface area contributed by atoms with Gasteiger partial charge in [-0.15, -0.1) is 0 Å². The molecule has 3 aromatic heterocycles. The number of hydrogen-bond donors (Lipinski definition) is 0. The predicted octanol–water partition coefficient (Wildman–Crippen LogP) is 12.7. The maximum Gasteiger partial charge on any atom is 0.145 e. The standard InChI is InChI=1S/C50H34N4/c1-4-15-35(16-5-1)41-31-42(36-26-28-38(29-27-36)49-48(37-17-6-2-7-18-37)52-47-25-12-13-30-53(47)49)33-43(32-41)40-21-14-22-44(34-40)54-46-24-11-10-23-45(46)51-50(54)39-19-8-3-9-20-39/h1-34H. The van der Waals surface area contributed by atoms with E-state index in [2.05, 4.69) is 191 Å². The average molecular weight is 691 g/mol. The number of rotatable bonds is 7. The van der Waals surface area contributed by atoms with Gasteiger partial charge < -0.3 is 0 Å². The van der Waals surface area contributed by atoms with Gasteiger partial charge in [0.2, 0.25) is 0 Å². The Bertz CT molecular complexity index is 2910. The van der Waals surface area contributed by atoms with Gasteiger partial charge in [0.25, 0.3) is 0 Å². The van der Waals surface area contributed by atoms with Crippen molar-refractivity contribution in [1.29, 1.82) is 0 Å². The summed E-state index contributed by atoms with van der Waals surface area (Å²) in [5.41, 5.74) is 16.3. The largest absolute Gasteiger partial charge is 0.299 e. The van der Waals surface area contributed by atoms with Crippen molar-refractivity contribution in [2.75, 3.05) is 0 Å². The summed E-state index contributed by atoms with van der Waals surface area (Å²) in [6, 6.07) is 70.7. The first-order valence-corrected chi connectivity index (χ1v) is 18.2. The van der Waals surface area contributed by atoms with Crippen molar-refractivity contribution in [2.24, 2.45) is 0 Å². The van der Waals surface area contributed by atoms with Gasteiger partial charge in [0.1, 0.15) is 11.5 Å². The second kappa shape index (κ2) is 13.4. The van der Waals surface area contributed by atoms with Crippen molar-refractivity contribution in [3.8, 4) is 73.0 Å². The Morgan fingerprint density at radius 2 is 0.907 bits per heavy atom. The highest BCUT2D eigenvalue weighted by Gasteiger charge is 2.18. The number of nitrogens with zero attached hydrogens (tertiary/aromatic N) is 4. The van der Waals surface area contributed by atoms with Gasteiger partial charge in [-0.1, -0.05) is 146 Å². The molecule has 10 aromatic rings. The van der Waals surface area contributed by atoms with Crippen molar-refractivity contribution in [1.82, 2.24) is 18.9 Å². The van der Waals surface area contributed by atoms with Crippen molar-refractivity contribution < 1.29 is 0 Å². The molecule has 0 amide bonds. The minimum Gasteiger partial charge on any atom is -0.299 e. The first-order valence-electron chi connectivity index (χ1n) is 18.2. The minimum absolute atomic E-state index is 0.925. The van der Waals surface area contributed by atoms with E-state index in [9.17, 15) is 0 Å². The number of hydrogen-bond acceptors (Lipinski definition) is 2. The Kier molecular flexibility index (Phi) is 7.77. The molecule has 0 aliphatic heterocycles. The number of para-hydroxylation sites is 2. The van der Waals surface area contributed by atoms with Gasteiger partial charge >= 0.3 is 0 Å². The van der Waals surface area contributed by atoms with Gasteiger partial charge in [0.15, 0.2) is 0 Å². The Balaban J connectivity index is 1.10. The molecule has 0 bridgehead atoms. The van der Waals surface area contributed by atoms with E-state index < -0.39 is 0 Å². The van der Waals surface area contributed by atoms with E-state index >= 15 is 0 Å². The zero-order valence-electron chi connectivity index (χ0n) is 29.4. The summed E-state index contributed by atoms with van der Waals surface area (Å²) < 4.78 is 4.46. The van der Waals surface area contributed by atoms with Crippen LogP contribution in [-0.2, 0) is 0 Å². The van der Waals surface area contributed by atoms with E-state index in [1.54, 1.807) is 0 Å². The fourth-order valence-corrected chi connectivity index (χ4v) is 7.54. The molecular weight excluding hydrogens is 657 g/mol. The Hall–Kier alpha value is -7.30. The number of benzene rings is 7. The highest BCUT2D eigenvalue weighted by molar-refractivity contribution is 5.87. The monoisotopic (exact) mass is 690 g/mol. The van der Waals surface area contributed by atoms with Crippen molar-refractivity contribution in [3.63, 3.8) is 0 Å². The van der Waals surface area contributed by atoms with Crippen molar-refractivity contribution in [3.05, 3.63) is 206 Å². The second-order valence-electron chi connectivity index (χ2n) is 13.5. The third-order valence-electron chi connectivity index (χ3n) is 10.1. The van der Waals surface area contributed by atoms with Gasteiger partial charge in [0.05, 0.1) is 22.4 Å². The van der Waals surface area contributed by atoms with Crippen LogP contribution < -0.4 is 0 Å². The Morgan fingerprint density at radius 1 is 0.352 bits per heavy atom. The molecule has 0 atom stereocenters. The highest BCUT2D eigenvalue weighted by atomic mass is 15.1. The van der Waals surface area contributed by atoms with Crippen LogP contribution in [-0.4, -0.2) is 18.9 Å². The molecule has 10 rings (SSSR count). The average Bonchev–Trinajstić information content (AvgIpc) is 3.84. The molecule has 0 spiro atoms. The minimum atomic E-state index is 0.925. The van der Waals surface area contributed by atoms with Crippen LogP contribution in [0.15, 0.2) is 206 Å². The summed E-state index contributed by atoms with van der Waals surface area (Å²) >= 11 is 0. The number of fused-ring (bicyclic) bond motifs is 2. The fourth-order valence-electron chi connectivity index (χ4n) is 7.54. The summed E-state index contributed by atoms with van der Waals surface area (Å²) in [6.07, 6.45) is 2.09. The van der Waals surface area contributed by atoms with Crippen molar-refractivity contribution in [2.45, 2.75) is 0 Å². The summed E-state index contributed by atoms with van der Waals surface area (Å²) in [5, 5.41) is 0. The zero-order chi connectivity index (χ0) is 35.8. The lowest BCUT2D eigenvalue weighted by molar-refractivity contribution is 1.10. The van der Waals surface area contributed by atoms with Crippen LogP contribution >= 0.6 is 0 Å². The third kappa shape index (κ3) is 5.67. The molecule has 54 heavy (non-hydrogen) atoms. The van der Waals surface area contributed by atoms with Crippen molar-refractivity contribution >= 4 is 16.7 Å². The molecule has 0 fully saturated rings. The van der Waals surface area contributed by atoms with Crippen LogP contribution in [0.25, 0.3) is 89.7 Å². The molecular formula is C50H34N4. The fraction of sp³-hybridized carbons (Fsp3) is 0. The van der Waals surface area contributed by atoms with Gasteiger partial charge in [-0.25, -0.2) is 9.97 Å². The Morgan fingerprint density at radius 3 is 1.63 bits per heavy atom. The van der Waals surface area contributed by atoms with Gasteiger partial charge in [-0.05, 0) is 88.0 Å². The summed E-state index contributed by atoms with van der Waals surface area (Å²) in [4.78, 5) is 10.1. The number of aromatic nitrogens is 4. The van der Waals surface area contributed by atoms with Crippen LogP contribution in [0.5, 0.6) is 0 Å². The topological polar surface area (TPSA) is 35.1 Å². The molecule has 0 saturated carbocycles. The third-order valence-corrected chi connectivity index (χ3v) is 10.1. The van der Waals surface area contributed by atoms with E-state index in [0.29, 0.717) is 0 Å².